The van der Waals surface area contributed by atoms with Crippen molar-refractivity contribution in [1.82, 2.24) is 9.88 Å². The lowest BCUT2D eigenvalue weighted by molar-refractivity contribution is -0.116. The fourth-order valence-electron chi connectivity index (χ4n) is 2.19. The molecule has 7 nitrogen and oxygen atoms in total. The highest BCUT2D eigenvalue weighted by molar-refractivity contribution is 5.91. The van der Waals surface area contributed by atoms with Gasteiger partial charge in [0.1, 0.15) is 5.82 Å². The van der Waals surface area contributed by atoms with Gasteiger partial charge in [-0.3, -0.25) is 4.79 Å². The molecule has 0 aliphatic carbocycles. The molecule has 7 heteroatoms. The van der Waals surface area contributed by atoms with Crippen LogP contribution < -0.4 is 10.2 Å². The predicted octanol–water partition coefficient (Wildman–Crippen LogP) is 1.56. The molecule has 22 heavy (non-hydrogen) atoms. The van der Waals surface area contributed by atoms with E-state index in [4.69, 9.17) is 4.74 Å². The first kappa shape index (κ1) is 16.2. The Kier molecular flexibility index (Phi) is 5.32. The molecule has 1 saturated heterocycles. The molecule has 0 radical (unpaired) electrons. The highest BCUT2D eigenvalue weighted by atomic mass is 16.5. The molecule has 1 unspecified atom stereocenters. The van der Waals surface area contributed by atoms with E-state index in [1.807, 2.05) is 0 Å². The Labute approximate surface area is 130 Å². The summed E-state index contributed by atoms with van der Waals surface area (Å²) in [7, 11) is 1.65. The number of anilines is 2. The number of nitrogens with one attached hydrogen (secondary N) is 1. The van der Waals surface area contributed by atoms with Gasteiger partial charge in [-0.2, -0.15) is 0 Å². The molecule has 1 aliphatic rings. The van der Waals surface area contributed by atoms with E-state index < -0.39 is 0 Å². The molecule has 0 bridgehead atoms. The van der Waals surface area contributed by atoms with Gasteiger partial charge in [0.05, 0.1) is 25.1 Å². The van der Waals surface area contributed by atoms with Gasteiger partial charge in [0.2, 0.25) is 5.91 Å². The fourth-order valence-corrected chi connectivity index (χ4v) is 2.19. The Morgan fingerprint density at radius 3 is 2.86 bits per heavy atom. The van der Waals surface area contributed by atoms with E-state index >= 15 is 0 Å². The normalized spacial score (nSPS) is 18.5. The molecule has 1 fully saturated rings. The Morgan fingerprint density at radius 2 is 2.23 bits per heavy atom. The average molecular weight is 306 g/mol. The molecule has 120 valence electrons. The van der Waals surface area contributed by atoms with Gasteiger partial charge in [0, 0.05) is 27.1 Å². The van der Waals surface area contributed by atoms with Crippen molar-refractivity contribution < 1.29 is 14.3 Å². The van der Waals surface area contributed by atoms with E-state index in [9.17, 15) is 9.59 Å². The number of hydrogen-bond acceptors (Lipinski definition) is 4. The number of pyridine rings is 1. The number of ether oxygens (including phenoxy) is 1. The summed E-state index contributed by atoms with van der Waals surface area (Å²) in [5.41, 5.74) is 0.600. The molecule has 1 aromatic rings. The summed E-state index contributed by atoms with van der Waals surface area (Å²) in [5.74, 6) is 0.767. The van der Waals surface area contributed by atoms with Crippen LogP contribution in [0.3, 0.4) is 0 Å². The van der Waals surface area contributed by atoms with Crippen molar-refractivity contribution in [3.63, 3.8) is 0 Å². The molecule has 1 N–H and O–H groups in total. The maximum absolute atomic E-state index is 12.3. The molecule has 2 rings (SSSR count). The summed E-state index contributed by atoms with van der Waals surface area (Å²) in [5, 5.41) is 2.82. The van der Waals surface area contributed by atoms with Crippen molar-refractivity contribution in [1.29, 1.82) is 0 Å². The van der Waals surface area contributed by atoms with Gasteiger partial charge in [-0.15, -0.1) is 0 Å². The standard InChI is InChI=1S/C15H22N4O3/c1-11-9-19(6-7-22-10-11)15(21)17-13-4-5-14(16-8-13)18(3)12(2)20/h4-5,8,11H,6-7,9-10H2,1-3H3,(H,17,21). The fraction of sp³-hybridized carbons (Fsp3) is 0.533. The van der Waals surface area contributed by atoms with Crippen LogP contribution >= 0.6 is 0 Å². The molecule has 2 heterocycles. The van der Waals surface area contributed by atoms with E-state index in [1.54, 1.807) is 30.3 Å². The summed E-state index contributed by atoms with van der Waals surface area (Å²) < 4.78 is 5.43. The molecular formula is C15H22N4O3. The first-order valence-electron chi connectivity index (χ1n) is 7.31. The molecule has 0 spiro atoms. The van der Waals surface area contributed by atoms with E-state index in [0.717, 1.165) is 0 Å². The molecule has 0 saturated carbocycles. The molecule has 1 aliphatic heterocycles. The largest absolute Gasteiger partial charge is 0.379 e. The van der Waals surface area contributed by atoms with Crippen LogP contribution in [-0.2, 0) is 9.53 Å². The zero-order valence-electron chi connectivity index (χ0n) is 13.2. The molecule has 1 atom stereocenters. The van der Waals surface area contributed by atoms with Crippen LogP contribution in [0, 0.1) is 5.92 Å². The lowest BCUT2D eigenvalue weighted by atomic mass is 10.2. The van der Waals surface area contributed by atoms with Crippen molar-refractivity contribution in [3.05, 3.63) is 18.3 Å². The minimum Gasteiger partial charge on any atom is -0.379 e. The average Bonchev–Trinajstić information content (AvgIpc) is 2.72. The van der Waals surface area contributed by atoms with Crippen molar-refractivity contribution in [2.45, 2.75) is 13.8 Å². The minimum absolute atomic E-state index is 0.0946. The summed E-state index contributed by atoms with van der Waals surface area (Å²) in [6.45, 7) is 6.01. The summed E-state index contributed by atoms with van der Waals surface area (Å²) >= 11 is 0. The molecule has 0 aromatic carbocycles. The maximum atomic E-state index is 12.3. The smallest absolute Gasteiger partial charge is 0.321 e. The van der Waals surface area contributed by atoms with Crippen LogP contribution in [0.25, 0.3) is 0 Å². The summed E-state index contributed by atoms with van der Waals surface area (Å²) in [4.78, 5) is 30.9. The van der Waals surface area contributed by atoms with Crippen LogP contribution in [0.4, 0.5) is 16.3 Å². The summed E-state index contributed by atoms with van der Waals surface area (Å²) in [6, 6.07) is 3.27. The highest BCUT2D eigenvalue weighted by Gasteiger charge is 2.20. The van der Waals surface area contributed by atoms with E-state index in [1.165, 1.54) is 11.8 Å². The van der Waals surface area contributed by atoms with E-state index in [0.29, 0.717) is 43.7 Å². The zero-order valence-corrected chi connectivity index (χ0v) is 13.2. The van der Waals surface area contributed by atoms with Crippen LogP contribution in [-0.4, -0.2) is 55.2 Å². The predicted molar refractivity (Wildman–Crippen MR) is 83.9 cm³/mol. The molecule has 3 amide bonds. The number of rotatable bonds is 2. The third-order valence-electron chi connectivity index (χ3n) is 3.54. The second-order valence-electron chi connectivity index (χ2n) is 5.54. The minimum atomic E-state index is -0.160. The van der Waals surface area contributed by atoms with Crippen LogP contribution in [0.15, 0.2) is 18.3 Å². The SMILES string of the molecule is CC(=O)N(C)c1ccc(NC(=O)N2CCOCC(C)C2)cn1. The quantitative estimate of drug-likeness (QED) is 0.900. The molecule has 1 aromatic heterocycles. The summed E-state index contributed by atoms with van der Waals surface area (Å²) in [6.07, 6.45) is 1.55. The van der Waals surface area contributed by atoms with E-state index in [2.05, 4.69) is 17.2 Å². The second-order valence-corrected chi connectivity index (χ2v) is 5.54. The topological polar surface area (TPSA) is 74.8 Å². The first-order valence-corrected chi connectivity index (χ1v) is 7.31. The van der Waals surface area contributed by atoms with Gasteiger partial charge in [-0.05, 0) is 18.1 Å². The number of aromatic nitrogens is 1. The van der Waals surface area contributed by atoms with Crippen molar-refractivity contribution in [2.75, 3.05) is 43.6 Å². The lowest BCUT2D eigenvalue weighted by Crippen LogP contribution is -2.38. The van der Waals surface area contributed by atoms with Gasteiger partial charge in [0.15, 0.2) is 0 Å². The number of amides is 3. The van der Waals surface area contributed by atoms with Gasteiger partial charge >= 0.3 is 6.03 Å². The van der Waals surface area contributed by atoms with Gasteiger partial charge < -0.3 is 19.9 Å². The third-order valence-corrected chi connectivity index (χ3v) is 3.54. The van der Waals surface area contributed by atoms with Gasteiger partial charge in [0.25, 0.3) is 0 Å². The Balaban J connectivity index is 1.98. The number of urea groups is 1. The maximum Gasteiger partial charge on any atom is 0.321 e. The Morgan fingerprint density at radius 1 is 1.45 bits per heavy atom. The lowest BCUT2D eigenvalue weighted by Gasteiger charge is -2.22. The monoisotopic (exact) mass is 306 g/mol. The number of carbonyl (C=O) groups is 2. The highest BCUT2D eigenvalue weighted by Crippen LogP contribution is 2.14. The van der Waals surface area contributed by atoms with E-state index in [-0.39, 0.29) is 11.9 Å². The van der Waals surface area contributed by atoms with Crippen LogP contribution in [0.1, 0.15) is 13.8 Å². The van der Waals surface area contributed by atoms with Crippen molar-refractivity contribution in [3.8, 4) is 0 Å². The third kappa shape index (κ3) is 4.17. The van der Waals surface area contributed by atoms with Crippen molar-refractivity contribution >= 4 is 23.4 Å². The second kappa shape index (κ2) is 7.22. The van der Waals surface area contributed by atoms with Gasteiger partial charge in [-0.25, -0.2) is 9.78 Å². The molecular weight excluding hydrogens is 284 g/mol. The van der Waals surface area contributed by atoms with Gasteiger partial charge in [-0.1, -0.05) is 6.92 Å². The number of hydrogen-bond donors (Lipinski definition) is 1. The van der Waals surface area contributed by atoms with Crippen LogP contribution in [0.5, 0.6) is 0 Å². The van der Waals surface area contributed by atoms with Crippen LogP contribution in [0.2, 0.25) is 0 Å². The Hall–Kier alpha value is -2.15. The number of carbonyl (C=O) groups excluding carboxylic acids is 2. The number of nitrogens with zero attached hydrogens (tertiary/aromatic N) is 3. The zero-order chi connectivity index (χ0) is 16.1. The first-order chi connectivity index (χ1) is 10.5. The van der Waals surface area contributed by atoms with Crippen molar-refractivity contribution in [2.24, 2.45) is 5.92 Å². The Bertz CT molecular complexity index is 532.